The first-order valence-corrected chi connectivity index (χ1v) is 10.8. The van der Waals surface area contributed by atoms with Crippen molar-refractivity contribution in [3.63, 3.8) is 0 Å². The average Bonchev–Trinajstić information content (AvgIpc) is 2.71. The van der Waals surface area contributed by atoms with Gasteiger partial charge in [0.05, 0.1) is 12.5 Å². The van der Waals surface area contributed by atoms with Crippen LogP contribution in [0.4, 0.5) is 10.5 Å². The second-order valence-electron chi connectivity index (χ2n) is 9.17. The minimum atomic E-state index is -0.588. The van der Waals surface area contributed by atoms with Crippen LogP contribution in [-0.4, -0.2) is 18.7 Å². The molecule has 31 heavy (non-hydrogen) atoms. The van der Waals surface area contributed by atoms with Crippen molar-refractivity contribution < 1.29 is 23.5 Å². The van der Waals surface area contributed by atoms with E-state index < -0.39 is 11.7 Å². The van der Waals surface area contributed by atoms with Gasteiger partial charge in [-0.1, -0.05) is 20.8 Å². The molecule has 7 heteroatoms. The summed E-state index contributed by atoms with van der Waals surface area (Å²) in [4.78, 5) is 36.2. The standard InChI is InChI=1S/C24H31NO6/c1-5-29-23(28)25-18-10-11-19-16(12-21(26)31-20(19)13-18)14-30-22(27)15-6-8-17(9-7-15)24(2,3)4/h10-13,15,17H,5-9,14H2,1-4H3,(H,25,28). The molecule has 0 spiro atoms. The normalized spacial score (nSPS) is 19.1. The Labute approximate surface area is 182 Å². The molecule has 0 atom stereocenters. The van der Waals surface area contributed by atoms with Gasteiger partial charge >= 0.3 is 17.7 Å². The van der Waals surface area contributed by atoms with Crippen LogP contribution >= 0.6 is 0 Å². The van der Waals surface area contributed by atoms with Gasteiger partial charge in [0.25, 0.3) is 0 Å². The smallest absolute Gasteiger partial charge is 0.411 e. The van der Waals surface area contributed by atoms with Crippen molar-refractivity contribution in [2.24, 2.45) is 17.3 Å². The number of fused-ring (bicyclic) bond motifs is 1. The molecule has 3 rings (SSSR count). The lowest BCUT2D eigenvalue weighted by molar-refractivity contribution is -0.151. The Morgan fingerprint density at radius 1 is 1.10 bits per heavy atom. The molecule has 1 aliphatic rings. The van der Waals surface area contributed by atoms with E-state index in [1.54, 1.807) is 25.1 Å². The third-order valence-electron chi connectivity index (χ3n) is 6.01. The fourth-order valence-electron chi connectivity index (χ4n) is 4.17. The summed E-state index contributed by atoms with van der Waals surface area (Å²) in [6.07, 6.45) is 3.13. The first-order valence-electron chi connectivity index (χ1n) is 10.8. The molecule has 0 aliphatic heterocycles. The topological polar surface area (TPSA) is 94.8 Å². The maximum atomic E-state index is 12.6. The Kier molecular flexibility index (Phi) is 7.03. The summed E-state index contributed by atoms with van der Waals surface area (Å²) in [7, 11) is 0. The zero-order chi connectivity index (χ0) is 22.6. The second-order valence-corrected chi connectivity index (χ2v) is 9.17. The van der Waals surface area contributed by atoms with Crippen LogP contribution in [0.5, 0.6) is 0 Å². The number of ether oxygens (including phenoxy) is 2. The van der Waals surface area contributed by atoms with Crippen LogP contribution in [0.3, 0.4) is 0 Å². The number of amides is 1. The Balaban J connectivity index is 1.67. The van der Waals surface area contributed by atoms with E-state index in [1.807, 2.05) is 0 Å². The molecule has 0 bridgehead atoms. The van der Waals surface area contributed by atoms with Gasteiger partial charge in [-0.2, -0.15) is 0 Å². The van der Waals surface area contributed by atoms with Crippen molar-refractivity contribution in [2.75, 3.05) is 11.9 Å². The van der Waals surface area contributed by atoms with Crippen molar-refractivity contribution in [2.45, 2.75) is 60.0 Å². The van der Waals surface area contributed by atoms with Gasteiger partial charge in [0.1, 0.15) is 12.2 Å². The maximum absolute atomic E-state index is 12.6. The molecule has 0 unspecified atom stereocenters. The highest BCUT2D eigenvalue weighted by atomic mass is 16.5. The van der Waals surface area contributed by atoms with Crippen LogP contribution < -0.4 is 10.9 Å². The molecule has 1 amide bonds. The molecule has 1 N–H and O–H groups in total. The van der Waals surface area contributed by atoms with Crippen LogP contribution in [0.25, 0.3) is 11.0 Å². The fraction of sp³-hybridized carbons (Fsp3) is 0.542. The summed E-state index contributed by atoms with van der Waals surface area (Å²) in [5.74, 6) is 0.316. The van der Waals surface area contributed by atoms with Gasteiger partial charge < -0.3 is 13.9 Å². The summed E-state index contributed by atoms with van der Waals surface area (Å²) in [6.45, 7) is 8.71. The predicted octanol–water partition coefficient (Wildman–Crippen LogP) is 5.26. The lowest BCUT2D eigenvalue weighted by Crippen LogP contribution is -2.29. The monoisotopic (exact) mass is 429 g/mol. The van der Waals surface area contributed by atoms with E-state index in [9.17, 15) is 14.4 Å². The highest BCUT2D eigenvalue weighted by molar-refractivity contribution is 5.90. The van der Waals surface area contributed by atoms with E-state index in [2.05, 4.69) is 26.1 Å². The minimum Gasteiger partial charge on any atom is -0.461 e. The van der Waals surface area contributed by atoms with E-state index in [4.69, 9.17) is 13.9 Å². The van der Waals surface area contributed by atoms with Crippen LogP contribution in [0.2, 0.25) is 0 Å². The van der Waals surface area contributed by atoms with Gasteiger partial charge in [-0.25, -0.2) is 9.59 Å². The Bertz CT molecular complexity index is 995. The number of anilines is 1. The largest absolute Gasteiger partial charge is 0.461 e. The molecular formula is C24H31NO6. The summed E-state index contributed by atoms with van der Waals surface area (Å²) in [6, 6.07) is 6.28. The quantitative estimate of drug-likeness (QED) is 0.515. The number of benzene rings is 1. The van der Waals surface area contributed by atoms with Gasteiger partial charge in [-0.3, -0.25) is 10.1 Å². The zero-order valence-corrected chi connectivity index (χ0v) is 18.7. The number of hydrogen-bond donors (Lipinski definition) is 1. The predicted molar refractivity (Wildman–Crippen MR) is 118 cm³/mol. The summed E-state index contributed by atoms with van der Waals surface area (Å²) in [5.41, 5.74) is 1.04. The Morgan fingerprint density at radius 2 is 1.81 bits per heavy atom. The third-order valence-corrected chi connectivity index (χ3v) is 6.01. The van der Waals surface area contributed by atoms with Crippen molar-refractivity contribution in [1.29, 1.82) is 0 Å². The summed E-state index contributed by atoms with van der Waals surface area (Å²) >= 11 is 0. The lowest BCUT2D eigenvalue weighted by Gasteiger charge is -2.36. The number of rotatable bonds is 5. The van der Waals surface area contributed by atoms with Gasteiger partial charge in [0, 0.05) is 28.8 Å². The number of esters is 1. The van der Waals surface area contributed by atoms with Crippen LogP contribution in [0.1, 0.15) is 58.9 Å². The molecule has 7 nitrogen and oxygen atoms in total. The average molecular weight is 430 g/mol. The molecule has 1 heterocycles. The van der Waals surface area contributed by atoms with Gasteiger partial charge in [-0.15, -0.1) is 0 Å². The lowest BCUT2D eigenvalue weighted by atomic mass is 9.70. The second kappa shape index (κ2) is 9.54. The molecule has 1 saturated carbocycles. The fourth-order valence-corrected chi connectivity index (χ4v) is 4.17. The number of carbonyl (C=O) groups is 2. The SMILES string of the molecule is CCOC(=O)Nc1ccc2c(COC(=O)C3CCC(C(C)(C)C)CC3)cc(=O)oc2c1. The van der Waals surface area contributed by atoms with Crippen molar-refractivity contribution >= 4 is 28.7 Å². The maximum Gasteiger partial charge on any atom is 0.411 e. The highest BCUT2D eigenvalue weighted by Crippen LogP contribution is 2.40. The van der Waals surface area contributed by atoms with Crippen LogP contribution in [0, 0.1) is 17.3 Å². The highest BCUT2D eigenvalue weighted by Gasteiger charge is 2.33. The minimum absolute atomic E-state index is 0.00475. The van der Waals surface area contributed by atoms with Gasteiger partial charge in [0.2, 0.25) is 0 Å². The third kappa shape index (κ3) is 5.87. The molecule has 1 aromatic heterocycles. The van der Waals surface area contributed by atoms with Crippen molar-refractivity contribution in [1.82, 2.24) is 0 Å². The molecular weight excluding hydrogens is 398 g/mol. The van der Waals surface area contributed by atoms with Gasteiger partial charge in [-0.05, 0) is 56.1 Å². The first-order chi connectivity index (χ1) is 14.7. The van der Waals surface area contributed by atoms with E-state index in [0.717, 1.165) is 25.7 Å². The van der Waals surface area contributed by atoms with Crippen LogP contribution in [0.15, 0.2) is 33.5 Å². The number of carbonyl (C=O) groups excluding carboxylic acids is 2. The molecule has 1 fully saturated rings. The van der Waals surface area contributed by atoms with Gasteiger partial charge in [0.15, 0.2) is 0 Å². The Morgan fingerprint density at radius 3 is 2.45 bits per heavy atom. The van der Waals surface area contributed by atoms with E-state index >= 15 is 0 Å². The molecule has 2 aromatic rings. The molecule has 1 aromatic carbocycles. The molecule has 0 radical (unpaired) electrons. The summed E-state index contributed by atoms with van der Waals surface area (Å²) < 4.78 is 15.7. The van der Waals surface area contributed by atoms with Crippen molar-refractivity contribution in [3.05, 3.63) is 40.2 Å². The Hall–Kier alpha value is -2.83. The van der Waals surface area contributed by atoms with Crippen LogP contribution in [-0.2, 0) is 20.9 Å². The van der Waals surface area contributed by atoms with Crippen molar-refractivity contribution in [3.8, 4) is 0 Å². The number of hydrogen-bond acceptors (Lipinski definition) is 6. The van der Waals surface area contributed by atoms with E-state index in [1.165, 1.54) is 6.07 Å². The zero-order valence-electron chi connectivity index (χ0n) is 18.7. The summed E-state index contributed by atoms with van der Waals surface area (Å²) in [5, 5.41) is 3.22. The van der Waals surface area contributed by atoms with E-state index in [0.29, 0.717) is 28.1 Å². The molecule has 1 aliphatic carbocycles. The number of nitrogens with one attached hydrogen (secondary N) is 1. The van der Waals surface area contributed by atoms with E-state index in [-0.39, 0.29) is 30.5 Å². The molecule has 0 saturated heterocycles. The molecule has 168 valence electrons. The first kappa shape index (κ1) is 22.8.